The van der Waals surface area contributed by atoms with Crippen LogP contribution in [0.5, 0.6) is 0 Å². The van der Waals surface area contributed by atoms with E-state index in [1.165, 1.54) is 0 Å². The molecule has 0 saturated heterocycles. The van der Waals surface area contributed by atoms with E-state index in [4.69, 9.17) is 13.6 Å². The molecule has 94 valence electrons. The van der Waals surface area contributed by atoms with Crippen LogP contribution in [0.3, 0.4) is 0 Å². The Balaban J connectivity index is 4.13. The van der Waals surface area contributed by atoms with Gasteiger partial charge in [0.15, 0.2) is 8.32 Å². The van der Waals surface area contributed by atoms with Gasteiger partial charge in [-0.25, -0.2) is 4.79 Å². The lowest BCUT2D eigenvalue weighted by Crippen LogP contribution is -2.41. The molecule has 0 amide bonds. The van der Waals surface area contributed by atoms with Crippen LogP contribution in [0.1, 0.15) is 6.92 Å². The zero-order valence-corrected chi connectivity index (χ0v) is 13.0. The quantitative estimate of drug-likeness (QED) is 0.395. The summed E-state index contributed by atoms with van der Waals surface area (Å²) in [7, 11) is -1.56. The summed E-state index contributed by atoms with van der Waals surface area (Å²) < 4.78 is 16.1. The minimum absolute atomic E-state index is 0.351. The predicted molar refractivity (Wildman–Crippen MR) is 69.2 cm³/mol. The second-order valence-electron chi connectivity index (χ2n) is 4.69. The Kier molecular flexibility index (Phi) is 6.81. The lowest BCUT2D eigenvalue weighted by Gasteiger charge is -2.24. The van der Waals surface area contributed by atoms with Gasteiger partial charge in [-0.2, -0.15) is 0 Å². The van der Waals surface area contributed by atoms with Gasteiger partial charge in [0.1, 0.15) is 6.23 Å². The van der Waals surface area contributed by atoms with Crippen LogP contribution in [0, 0.1) is 0 Å². The molecule has 4 nitrogen and oxygen atoms in total. The highest BCUT2D eigenvalue weighted by molar-refractivity contribution is 6.77. The summed E-state index contributed by atoms with van der Waals surface area (Å²) in [5.41, 5.74) is 0.415. The van der Waals surface area contributed by atoms with E-state index >= 15 is 0 Å². The van der Waals surface area contributed by atoms with Crippen LogP contribution in [0.2, 0.25) is 19.6 Å². The highest BCUT2D eigenvalue weighted by atomic mass is 28.4. The van der Waals surface area contributed by atoms with E-state index in [1.54, 1.807) is 14.0 Å². The van der Waals surface area contributed by atoms with E-state index in [0.29, 0.717) is 18.0 Å². The van der Waals surface area contributed by atoms with Crippen LogP contribution in [0.25, 0.3) is 0 Å². The second kappa shape index (κ2) is 7.00. The van der Waals surface area contributed by atoms with Crippen LogP contribution in [-0.2, 0) is 18.4 Å². The minimum atomic E-state index is -1.60. The average Bonchev–Trinajstić information content (AvgIpc) is 2.11. The van der Waals surface area contributed by atoms with Crippen LogP contribution < -0.4 is 0 Å². The molecule has 0 aromatic carbocycles. The van der Waals surface area contributed by atoms with Crippen LogP contribution in [0.4, 0.5) is 0 Å². The van der Waals surface area contributed by atoms with E-state index in [2.05, 4.69) is 26.2 Å². The Labute approximate surface area is 100 Å². The second-order valence-corrected chi connectivity index (χ2v) is 11.8. The van der Waals surface area contributed by atoms with Crippen molar-refractivity contribution in [2.24, 2.45) is 0 Å². The summed E-state index contributed by atoms with van der Waals surface area (Å²) in [6.45, 7) is 11.5. The third-order valence-electron chi connectivity index (χ3n) is 1.62. The van der Waals surface area contributed by atoms with Gasteiger partial charge in [0, 0.05) is 12.7 Å². The summed E-state index contributed by atoms with van der Waals surface area (Å²) in [6, 6.07) is 0. The largest absolute Gasteiger partial charge is 0.463 e. The van der Waals surface area contributed by atoms with Crippen molar-refractivity contribution < 1.29 is 18.4 Å². The van der Waals surface area contributed by atoms with Gasteiger partial charge in [-0.05, 0) is 26.6 Å². The summed E-state index contributed by atoms with van der Waals surface area (Å²) in [6.07, 6.45) is 0.914. The predicted octanol–water partition coefficient (Wildman–Crippen LogP) is 1.41. The Morgan fingerprint density at radius 3 is 2.25 bits per heavy atom. The molecule has 6 heteroatoms. The molecule has 0 aliphatic heterocycles. The molecule has 0 aliphatic rings. The maximum atomic E-state index is 11.2. The van der Waals surface area contributed by atoms with Crippen LogP contribution in [0.15, 0.2) is 12.2 Å². The molecule has 0 saturated carbocycles. The number of carbonyl (C=O) groups excluding carboxylic acids is 1. The van der Waals surface area contributed by atoms with Crippen molar-refractivity contribution in [3.05, 3.63) is 12.2 Å². The van der Waals surface area contributed by atoms with Gasteiger partial charge < -0.3 is 13.6 Å². The first-order valence-corrected chi connectivity index (χ1v) is 10.8. The standard InChI is InChI=1S/C10H22O4Si2/c1-9(2)10(11)13-8-15(7-12-3)14-16(4,5)6/h15H,1,7-8H2,2-6H3. The Hall–Kier alpha value is -0.436. The van der Waals surface area contributed by atoms with Crippen molar-refractivity contribution >= 4 is 23.3 Å². The van der Waals surface area contributed by atoms with Gasteiger partial charge in [-0.1, -0.05) is 6.58 Å². The lowest BCUT2D eigenvalue weighted by molar-refractivity contribution is -0.137. The summed E-state index contributed by atoms with van der Waals surface area (Å²) in [4.78, 5) is 11.2. The third-order valence-corrected chi connectivity index (χ3v) is 7.03. The Bertz CT molecular complexity index is 248. The molecule has 0 bridgehead atoms. The fraction of sp³-hybridized carbons (Fsp3) is 0.700. The van der Waals surface area contributed by atoms with Gasteiger partial charge in [0.25, 0.3) is 0 Å². The molecular formula is C10H22O4Si2. The summed E-state index contributed by atoms with van der Waals surface area (Å²) in [5, 5.41) is 0. The van der Waals surface area contributed by atoms with Crippen molar-refractivity contribution in [2.75, 3.05) is 19.6 Å². The number of hydrogen-bond donors (Lipinski definition) is 0. The molecule has 1 atom stereocenters. The number of ether oxygens (including phenoxy) is 2. The smallest absolute Gasteiger partial charge is 0.332 e. The van der Waals surface area contributed by atoms with Gasteiger partial charge in [-0.3, -0.25) is 0 Å². The van der Waals surface area contributed by atoms with E-state index in [-0.39, 0.29) is 5.97 Å². The van der Waals surface area contributed by atoms with Gasteiger partial charge in [0.05, 0.1) is 6.23 Å². The molecule has 0 aromatic heterocycles. The first-order valence-electron chi connectivity index (χ1n) is 5.25. The van der Waals surface area contributed by atoms with Crippen LogP contribution >= 0.6 is 0 Å². The molecule has 0 fully saturated rings. The third kappa shape index (κ3) is 7.80. The van der Waals surface area contributed by atoms with Crippen molar-refractivity contribution in [3.8, 4) is 0 Å². The molecule has 16 heavy (non-hydrogen) atoms. The van der Waals surface area contributed by atoms with Gasteiger partial charge in [-0.15, -0.1) is 0 Å². The normalized spacial score (nSPS) is 13.3. The topological polar surface area (TPSA) is 44.8 Å². The number of hydrogen-bond acceptors (Lipinski definition) is 4. The fourth-order valence-electron chi connectivity index (χ4n) is 1.09. The average molecular weight is 262 g/mol. The van der Waals surface area contributed by atoms with Crippen LogP contribution in [-0.4, -0.2) is 42.9 Å². The van der Waals surface area contributed by atoms with Crippen molar-refractivity contribution in [1.82, 2.24) is 0 Å². The monoisotopic (exact) mass is 262 g/mol. The zero-order chi connectivity index (χ0) is 12.8. The maximum absolute atomic E-state index is 11.2. The molecule has 0 heterocycles. The fourth-order valence-corrected chi connectivity index (χ4v) is 6.44. The number of esters is 1. The molecule has 0 aliphatic carbocycles. The van der Waals surface area contributed by atoms with E-state index in [0.717, 1.165) is 0 Å². The Morgan fingerprint density at radius 2 is 1.88 bits per heavy atom. The molecule has 0 radical (unpaired) electrons. The number of rotatable bonds is 7. The van der Waals surface area contributed by atoms with E-state index in [9.17, 15) is 4.79 Å². The first-order chi connectivity index (χ1) is 7.26. The SMILES string of the molecule is C=C(C)C(=O)OC[SiH](COC)O[Si](C)(C)C. The number of carbonyl (C=O) groups is 1. The van der Waals surface area contributed by atoms with E-state index < -0.39 is 17.4 Å². The van der Waals surface area contributed by atoms with Gasteiger partial charge >= 0.3 is 5.97 Å². The summed E-state index contributed by atoms with van der Waals surface area (Å²) >= 11 is 0. The summed E-state index contributed by atoms with van der Waals surface area (Å²) in [5.74, 6) is -0.354. The lowest BCUT2D eigenvalue weighted by atomic mass is 10.4. The molecule has 0 aromatic rings. The maximum Gasteiger partial charge on any atom is 0.332 e. The molecule has 0 rings (SSSR count). The first kappa shape index (κ1) is 15.6. The van der Waals surface area contributed by atoms with Crippen molar-refractivity contribution in [1.29, 1.82) is 0 Å². The molecular weight excluding hydrogens is 240 g/mol. The molecule has 1 unspecified atom stereocenters. The molecule has 0 spiro atoms. The number of methoxy groups -OCH3 is 1. The highest BCUT2D eigenvalue weighted by Gasteiger charge is 2.23. The van der Waals surface area contributed by atoms with Crippen molar-refractivity contribution in [2.45, 2.75) is 26.6 Å². The highest BCUT2D eigenvalue weighted by Crippen LogP contribution is 2.06. The van der Waals surface area contributed by atoms with E-state index in [1.807, 2.05) is 0 Å². The zero-order valence-electron chi connectivity index (χ0n) is 10.8. The Morgan fingerprint density at radius 1 is 1.31 bits per heavy atom. The minimum Gasteiger partial charge on any atom is -0.463 e. The van der Waals surface area contributed by atoms with Gasteiger partial charge in [0.2, 0.25) is 9.04 Å². The van der Waals surface area contributed by atoms with Crippen molar-refractivity contribution in [3.63, 3.8) is 0 Å². The molecule has 0 N–H and O–H groups in total.